The van der Waals surface area contributed by atoms with Crippen LogP contribution in [-0.2, 0) is 19.0 Å². The molecular weight excluding hydrogens is 775 g/mol. The van der Waals surface area contributed by atoms with Crippen LogP contribution in [0, 0.1) is 41.4 Å². The molecule has 11 nitrogen and oxygen atoms in total. The summed E-state index contributed by atoms with van der Waals surface area (Å²) in [6.45, 7) is 14.3. The second-order valence-electron chi connectivity index (χ2n) is 20.0. The highest BCUT2D eigenvalue weighted by Crippen LogP contribution is 2.43. The first-order valence-corrected chi connectivity index (χ1v) is 24.3. The van der Waals surface area contributed by atoms with Crippen LogP contribution in [-0.4, -0.2) is 116 Å². The number of ketones is 1. The number of ether oxygens (including phenoxy) is 3. The second kappa shape index (κ2) is 25.3. The van der Waals surface area contributed by atoms with Gasteiger partial charge < -0.3 is 44.8 Å². The normalized spacial score (nSPS) is 42.9. The Morgan fingerprint density at radius 1 is 0.885 bits per heavy atom. The Bertz CT molecular complexity index is 1390. The molecule has 6 unspecified atom stereocenters. The number of Topliss-reactive ketones (excluding diaryl/α,β-unsaturated/α-hetero) is 1. The number of hydrogen-bond acceptors (Lipinski definition) is 11. The first-order chi connectivity index (χ1) is 29.0. The summed E-state index contributed by atoms with van der Waals surface area (Å²) >= 11 is 0. The summed E-state index contributed by atoms with van der Waals surface area (Å²) in [5.41, 5.74) is 1.19. The molecule has 2 saturated heterocycles. The van der Waals surface area contributed by atoms with Crippen LogP contribution in [0.25, 0.3) is 0 Å². The number of allylic oxidation sites excluding steroid dienone is 6. The molecule has 0 spiro atoms. The van der Waals surface area contributed by atoms with E-state index in [1.165, 1.54) is 5.57 Å². The Hall–Kier alpha value is -1.51. The van der Waals surface area contributed by atoms with Crippen LogP contribution >= 0.6 is 0 Å². The van der Waals surface area contributed by atoms with E-state index in [0.29, 0.717) is 44.6 Å². The molecule has 0 aromatic carbocycles. The van der Waals surface area contributed by atoms with Crippen molar-refractivity contribution in [2.45, 2.75) is 219 Å². The Balaban J connectivity index is 1.63. The van der Waals surface area contributed by atoms with E-state index in [9.17, 15) is 35.4 Å². The molecule has 3 heterocycles. The number of piperidine rings is 1. The van der Waals surface area contributed by atoms with E-state index in [0.717, 1.165) is 70.6 Å². The number of aliphatic hydroxyl groups is 6. The Morgan fingerprint density at radius 2 is 1.64 bits per heavy atom. The summed E-state index contributed by atoms with van der Waals surface area (Å²) in [7, 11) is 1.77. The summed E-state index contributed by atoms with van der Waals surface area (Å²) in [5, 5.41) is 70.8. The van der Waals surface area contributed by atoms with Crippen molar-refractivity contribution in [3.63, 3.8) is 0 Å². The molecule has 3 fully saturated rings. The highest BCUT2D eigenvalue weighted by Gasteiger charge is 2.52. The summed E-state index contributed by atoms with van der Waals surface area (Å²) < 4.78 is 19.1. The zero-order chi connectivity index (χ0) is 44.9. The van der Waals surface area contributed by atoms with E-state index in [1.54, 1.807) is 21.0 Å². The number of aliphatic hydroxyl groups excluding tert-OH is 5. The SMILES string of the molecule is CC[C@H]1[C@H](O)N2CCCCC2C(O)O[C@H](C(C)C[C@@H]2CCC[C@H](OC)C2)CC(O)[C@H](C)C[C@@H](C)[C@@H](O)C(O)C(=O)[C@H](C)CC/C=C/C=CC=C(C)CCC2CC[C@@H](C)[C@@]1(O)O2. The van der Waals surface area contributed by atoms with Gasteiger partial charge >= 0.3 is 0 Å². The number of carbonyl (C=O) groups excluding carboxylic acids is 1. The maximum atomic E-state index is 13.2. The first kappa shape index (κ1) is 52.1. The number of hydrogen-bond donors (Lipinski definition) is 6. The third-order valence-electron chi connectivity index (χ3n) is 15.2. The molecule has 11 heteroatoms. The zero-order valence-corrected chi connectivity index (χ0v) is 39.1. The van der Waals surface area contributed by atoms with Crippen LogP contribution in [0.1, 0.15) is 158 Å². The van der Waals surface area contributed by atoms with Gasteiger partial charge in [-0.15, -0.1) is 0 Å². The van der Waals surface area contributed by atoms with Gasteiger partial charge in [0, 0.05) is 31.9 Å². The minimum Gasteiger partial charge on any atom is -0.393 e. The van der Waals surface area contributed by atoms with Gasteiger partial charge in [0.1, 0.15) is 12.3 Å². The van der Waals surface area contributed by atoms with Crippen LogP contribution in [0.15, 0.2) is 36.0 Å². The average Bonchev–Trinajstić information content (AvgIpc) is 3.24. The molecule has 6 N–H and O–H groups in total. The van der Waals surface area contributed by atoms with Crippen molar-refractivity contribution in [2.24, 2.45) is 41.4 Å². The largest absolute Gasteiger partial charge is 0.393 e. The van der Waals surface area contributed by atoms with Gasteiger partial charge in [-0.2, -0.15) is 0 Å². The van der Waals surface area contributed by atoms with Crippen molar-refractivity contribution in [2.75, 3.05) is 13.7 Å². The van der Waals surface area contributed by atoms with Crippen LogP contribution in [0.4, 0.5) is 0 Å². The molecule has 4 rings (SSSR count). The Morgan fingerprint density at radius 3 is 2.36 bits per heavy atom. The van der Waals surface area contributed by atoms with E-state index in [4.69, 9.17) is 14.2 Å². The minimum atomic E-state index is -1.55. The standard InChI is InChI=1S/C50H87NO10/c1-9-41-48(56)51-27-16-15-22-42(51)49(57)60-44(35(5)29-38-20-17-21-40(30-38)59-8)31-43(52)34(4)28-36(6)46(54)47(55)45(53)33(3)19-14-12-10-11-13-18-32(2)23-25-39-26-24-37(7)50(41,58)61-39/h10-13,18,33-44,46-49,52,54-58H,9,14-17,19-31H2,1-8H3/b12-10+,13-11?,32-18?/t33-,34-,35?,36-,37-,38+,39?,40+,41+,42?,43?,44+,46-,47?,48+,49?,50-/m1/s1. The van der Waals surface area contributed by atoms with Gasteiger partial charge in [-0.3, -0.25) is 9.69 Å². The van der Waals surface area contributed by atoms with Crippen molar-refractivity contribution in [1.29, 1.82) is 0 Å². The molecular formula is C50H87NO10. The summed E-state index contributed by atoms with van der Waals surface area (Å²) in [6.07, 6.45) is 16.3. The predicted molar refractivity (Wildman–Crippen MR) is 240 cm³/mol. The van der Waals surface area contributed by atoms with E-state index >= 15 is 0 Å². The highest BCUT2D eigenvalue weighted by molar-refractivity contribution is 5.85. The molecule has 1 saturated carbocycles. The van der Waals surface area contributed by atoms with Crippen molar-refractivity contribution in [3.05, 3.63) is 36.0 Å². The van der Waals surface area contributed by atoms with Crippen molar-refractivity contribution < 1.29 is 49.6 Å². The Labute approximate surface area is 369 Å². The summed E-state index contributed by atoms with van der Waals surface area (Å²) in [5.74, 6) is -3.54. The number of fused-ring (bicyclic) bond motifs is 3. The van der Waals surface area contributed by atoms with E-state index in [2.05, 4.69) is 19.9 Å². The fourth-order valence-electron chi connectivity index (χ4n) is 10.9. The van der Waals surface area contributed by atoms with Crippen LogP contribution in [0.5, 0.6) is 0 Å². The van der Waals surface area contributed by atoms with Gasteiger partial charge in [-0.1, -0.05) is 96.8 Å². The molecule has 4 aliphatic rings. The highest BCUT2D eigenvalue weighted by atomic mass is 16.6. The molecule has 0 aromatic heterocycles. The zero-order valence-electron chi connectivity index (χ0n) is 39.1. The molecule has 0 amide bonds. The second-order valence-corrected chi connectivity index (χ2v) is 20.0. The maximum absolute atomic E-state index is 13.2. The van der Waals surface area contributed by atoms with E-state index in [1.807, 2.05) is 50.0 Å². The van der Waals surface area contributed by atoms with Gasteiger partial charge in [-0.25, -0.2) is 0 Å². The lowest BCUT2D eigenvalue weighted by Crippen LogP contribution is -2.62. The molecule has 3 aliphatic heterocycles. The fourth-order valence-corrected chi connectivity index (χ4v) is 10.9. The van der Waals surface area contributed by atoms with Gasteiger partial charge in [0.15, 0.2) is 17.9 Å². The topological polar surface area (TPSA) is 169 Å². The quantitative estimate of drug-likeness (QED) is 0.161. The maximum Gasteiger partial charge on any atom is 0.174 e. The first-order valence-electron chi connectivity index (χ1n) is 24.3. The number of methoxy groups -OCH3 is 1. The number of rotatable bonds is 5. The van der Waals surface area contributed by atoms with Gasteiger partial charge in [-0.05, 0) is 114 Å². The average molecular weight is 862 g/mol. The molecule has 352 valence electrons. The fraction of sp³-hybridized carbons (Fsp3) is 0.860. The smallest absolute Gasteiger partial charge is 0.174 e. The van der Waals surface area contributed by atoms with Gasteiger partial charge in [0.05, 0.1) is 42.5 Å². The minimum absolute atomic E-state index is 0.0192. The molecule has 61 heavy (non-hydrogen) atoms. The van der Waals surface area contributed by atoms with Crippen LogP contribution in [0.2, 0.25) is 0 Å². The Kier molecular flexibility index (Phi) is 21.6. The predicted octanol–water partition coefficient (Wildman–Crippen LogP) is 7.60. The van der Waals surface area contributed by atoms with E-state index < -0.39 is 66.5 Å². The van der Waals surface area contributed by atoms with Crippen LogP contribution in [0.3, 0.4) is 0 Å². The molecule has 1 aliphatic carbocycles. The third kappa shape index (κ3) is 14.8. The van der Waals surface area contributed by atoms with E-state index in [-0.39, 0.29) is 42.2 Å². The van der Waals surface area contributed by atoms with Gasteiger partial charge in [0.25, 0.3) is 0 Å². The summed E-state index contributed by atoms with van der Waals surface area (Å²) in [4.78, 5) is 15.1. The lowest BCUT2D eigenvalue weighted by molar-refractivity contribution is -0.333. The summed E-state index contributed by atoms with van der Waals surface area (Å²) in [6, 6.07) is -0.531. The number of nitrogens with zero attached hydrogens (tertiary/aromatic N) is 1. The molecule has 2 bridgehead atoms. The monoisotopic (exact) mass is 862 g/mol. The number of carbonyl (C=O) groups is 1. The van der Waals surface area contributed by atoms with Crippen LogP contribution < -0.4 is 0 Å². The lowest BCUT2D eigenvalue weighted by atomic mass is 9.78. The van der Waals surface area contributed by atoms with Crippen molar-refractivity contribution in [3.8, 4) is 0 Å². The van der Waals surface area contributed by atoms with Crippen molar-refractivity contribution >= 4 is 5.78 Å². The van der Waals surface area contributed by atoms with Gasteiger partial charge in [0.2, 0.25) is 0 Å². The lowest BCUT2D eigenvalue weighted by Gasteiger charge is -2.51. The third-order valence-corrected chi connectivity index (χ3v) is 15.2. The molecule has 0 radical (unpaired) electrons. The van der Waals surface area contributed by atoms with Crippen molar-refractivity contribution in [1.82, 2.24) is 4.90 Å². The molecule has 17 atom stereocenters. The molecule has 0 aromatic rings.